The van der Waals surface area contributed by atoms with Crippen molar-refractivity contribution in [1.82, 2.24) is 19.9 Å². The minimum Gasteiger partial charge on any atom is -0.394 e. The van der Waals surface area contributed by atoms with E-state index in [0.717, 1.165) is 0 Å². The lowest BCUT2D eigenvalue weighted by Gasteiger charge is -2.17. The second-order valence-corrected chi connectivity index (χ2v) is 4.24. The number of hydrogen-bond donors (Lipinski definition) is 3. The molecule has 2 aromatic heterocycles. The number of nitrogens with zero attached hydrogens (tertiary/aromatic N) is 3. The van der Waals surface area contributed by atoms with E-state index in [0.29, 0.717) is 5.52 Å². The van der Waals surface area contributed by atoms with Crippen molar-refractivity contribution in [1.29, 1.82) is 0 Å². The first kappa shape index (κ1) is 12.3. The molecule has 3 atom stereocenters. The van der Waals surface area contributed by atoms with E-state index in [1.807, 2.05) is 0 Å². The van der Waals surface area contributed by atoms with Gasteiger partial charge in [0.2, 0.25) is 0 Å². The van der Waals surface area contributed by atoms with Gasteiger partial charge in [-0.1, -0.05) is 0 Å². The zero-order valence-corrected chi connectivity index (χ0v) is 9.49. The Labute approximate surface area is 105 Å². The van der Waals surface area contributed by atoms with Crippen LogP contribution in [0.1, 0.15) is 11.9 Å². The van der Waals surface area contributed by atoms with E-state index in [2.05, 4.69) is 19.9 Å². The molecule has 0 unspecified atom stereocenters. The number of H-pyrrole nitrogens is 1. The molecular weight excluding hydrogens is 262 g/mol. The van der Waals surface area contributed by atoms with Gasteiger partial charge in [-0.25, -0.2) is 23.7 Å². The summed E-state index contributed by atoms with van der Waals surface area (Å²) in [6, 6.07) is 0. The number of ether oxygens (including phenoxy) is 1. The fraction of sp³-hybridized carbons (Fsp3) is 0.500. The lowest BCUT2D eigenvalue weighted by atomic mass is 10.1. The number of fused-ring (bicyclic) bond motifs is 1. The zero-order chi connectivity index (χ0) is 13.6. The molecule has 0 aromatic carbocycles. The third-order valence-electron chi connectivity index (χ3n) is 3.02. The van der Waals surface area contributed by atoms with Crippen LogP contribution in [0.3, 0.4) is 0 Å². The second-order valence-electron chi connectivity index (χ2n) is 4.24. The summed E-state index contributed by atoms with van der Waals surface area (Å²) in [4.78, 5) is 14.1. The highest BCUT2D eigenvalue weighted by Gasteiger charge is 2.59. The lowest BCUT2D eigenvalue weighted by Crippen LogP contribution is -2.38. The Bertz CT molecular complexity index is 572. The predicted octanol–water partition coefficient (Wildman–Crippen LogP) is -0.219. The van der Waals surface area contributed by atoms with E-state index in [1.54, 1.807) is 0 Å². The number of imidazole rings is 1. The first-order valence-electron chi connectivity index (χ1n) is 5.52. The fourth-order valence-corrected chi connectivity index (χ4v) is 2.04. The summed E-state index contributed by atoms with van der Waals surface area (Å²) in [6.07, 6.45) is -2.55. The van der Waals surface area contributed by atoms with E-state index < -0.39 is 30.8 Å². The fourth-order valence-electron chi connectivity index (χ4n) is 2.04. The van der Waals surface area contributed by atoms with Crippen LogP contribution in [0.4, 0.5) is 8.78 Å². The van der Waals surface area contributed by atoms with Crippen molar-refractivity contribution in [3.05, 3.63) is 18.3 Å². The van der Waals surface area contributed by atoms with Crippen molar-refractivity contribution in [2.45, 2.75) is 24.2 Å². The zero-order valence-electron chi connectivity index (χ0n) is 9.49. The molecule has 1 saturated heterocycles. The lowest BCUT2D eigenvalue weighted by molar-refractivity contribution is -0.115. The number of aromatic amines is 1. The number of alkyl halides is 2. The molecule has 0 amide bonds. The monoisotopic (exact) mass is 272 g/mol. The summed E-state index contributed by atoms with van der Waals surface area (Å²) in [5.74, 6) is -3.70. The SMILES string of the molecule is OC[C@H]1O[C@@H](c2nc3ncncc3[nH]2)C(F)(F)[C@@H]1O. The Kier molecular flexibility index (Phi) is 2.69. The number of rotatable bonds is 2. The molecule has 0 saturated carbocycles. The van der Waals surface area contributed by atoms with Gasteiger partial charge in [0.25, 0.3) is 0 Å². The van der Waals surface area contributed by atoms with E-state index in [9.17, 15) is 13.9 Å². The van der Waals surface area contributed by atoms with Gasteiger partial charge in [0.1, 0.15) is 29.9 Å². The first-order valence-corrected chi connectivity index (χ1v) is 5.52. The van der Waals surface area contributed by atoms with Crippen molar-refractivity contribution in [3.63, 3.8) is 0 Å². The predicted molar refractivity (Wildman–Crippen MR) is 57.3 cm³/mol. The van der Waals surface area contributed by atoms with Gasteiger partial charge in [-0.3, -0.25) is 0 Å². The van der Waals surface area contributed by atoms with Crippen LogP contribution in [0.5, 0.6) is 0 Å². The third-order valence-corrected chi connectivity index (χ3v) is 3.02. The smallest absolute Gasteiger partial charge is 0.308 e. The normalized spacial score (nSPS) is 30.0. The summed E-state index contributed by atoms with van der Waals surface area (Å²) in [5, 5.41) is 18.3. The molecule has 0 radical (unpaired) electrons. The molecule has 2 aromatic rings. The molecule has 3 rings (SSSR count). The number of aliphatic hydroxyl groups excluding tert-OH is 2. The number of aliphatic hydroxyl groups is 2. The Balaban J connectivity index is 2.01. The average Bonchev–Trinajstić information content (AvgIpc) is 2.90. The van der Waals surface area contributed by atoms with Crippen molar-refractivity contribution < 1.29 is 23.7 Å². The van der Waals surface area contributed by atoms with Crippen LogP contribution >= 0.6 is 0 Å². The summed E-state index contributed by atoms with van der Waals surface area (Å²) in [6.45, 7) is -0.701. The quantitative estimate of drug-likeness (QED) is 0.698. The minimum absolute atomic E-state index is 0.157. The molecule has 0 spiro atoms. The maximum Gasteiger partial charge on any atom is 0.308 e. The number of hydrogen-bond acceptors (Lipinski definition) is 6. The molecule has 1 fully saturated rings. The molecule has 102 valence electrons. The van der Waals surface area contributed by atoms with E-state index >= 15 is 0 Å². The van der Waals surface area contributed by atoms with Crippen molar-refractivity contribution in [2.75, 3.05) is 6.61 Å². The van der Waals surface area contributed by atoms with Crippen molar-refractivity contribution in [3.8, 4) is 0 Å². The Hall–Kier alpha value is -1.71. The maximum atomic E-state index is 13.9. The van der Waals surface area contributed by atoms with Crippen molar-refractivity contribution in [2.24, 2.45) is 0 Å². The van der Waals surface area contributed by atoms with Crippen LogP contribution in [0.15, 0.2) is 12.5 Å². The molecule has 0 aliphatic carbocycles. The molecule has 0 bridgehead atoms. The molecule has 19 heavy (non-hydrogen) atoms. The van der Waals surface area contributed by atoms with Gasteiger partial charge in [0.15, 0.2) is 11.8 Å². The third kappa shape index (κ3) is 1.78. The van der Waals surface area contributed by atoms with E-state index in [-0.39, 0.29) is 11.5 Å². The van der Waals surface area contributed by atoms with Crippen LogP contribution in [-0.2, 0) is 4.74 Å². The molecular formula is C10H10F2N4O3. The minimum atomic E-state index is -3.55. The van der Waals surface area contributed by atoms with Crippen LogP contribution < -0.4 is 0 Å². The van der Waals surface area contributed by atoms with Crippen LogP contribution in [0.25, 0.3) is 11.2 Å². The first-order chi connectivity index (χ1) is 9.04. The number of aromatic nitrogens is 4. The van der Waals surface area contributed by atoms with E-state index in [1.165, 1.54) is 12.5 Å². The van der Waals surface area contributed by atoms with Gasteiger partial charge in [-0.05, 0) is 0 Å². The van der Waals surface area contributed by atoms with Crippen molar-refractivity contribution >= 4 is 11.2 Å². The van der Waals surface area contributed by atoms with Gasteiger partial charge in [-0.15, -0.1) is 0 Å². The van der Waals surface area contributed by atoms with Crippen LogP contribution in [0.2, 0.25) is 0 Å². The number of halogens is 2. The van der Waals surface area contributed by atoms with Crippen LogP contribution in [-0.4, -0.2) is 54.9 Å². The Morgan fingerprint density at radius 2 is 2.26 bits per heavy atom. The summed E-state index contributed by atoms with van der Waals surface area (Å²) in [7, 11) is 0. The van der Waals surface area contributed by atoms with Gasteiger partial charge >= 0.3 is 5.92 Å². The molecule has 1 aliphatic rings. The van der Waals surface area contributed by atoms with E-state index in [4.69, 9.17) is 9.84 Å². The van der Waals surface area contributed by atoms with Gasteiger partial charge < -0.3 is 19.9 Å². The summed E-state index contributed by atoms with van der Waals surface area (Å²) >= 11 is 0. The average molecular weight is 272 g/mol. The van der Waals surface area contributed by atoms with Gasteiger partial charge in [0.05, 0.1) is 12.8 Å². The Morgan fingerprint density at radius 1 is 1.47 bits per heavy atom. The topological polar surface area (TPSA) is 104 Å². The largest absolute Gasteiger partial charge is 0.394 e. The van der Waals surface area contributed by atoms with Gasteiger partial charge in [-0.2, -0.15) is 0 Å². The highest BCUT2D eigenvalue weighted by atomic mass is 19.3. The molecule has 1 aliphatic heterocycles. The molecule has 9 heteroatoms. The maximum absolute atomic E-state index is 13.9. The molecule has 7 nitrogen and oxygen atoms in total. The Morgan fingerprint density at radius 3 is 2.89 bits per heavy atom. The molecule has 3 N–H and O–H groups in total. The van der Waals surface area contributed by atoms with Gasteiger partial charge in [0, 0.05) is 0 Å². The molecule has 3 heterocycles. The standard InChI is InChI=1S/C10H10F2N4O3/c11-10(12)6(18)5(2-17)19-7(10)9-15-4-1-13-3-14-8(4)16-9/h1,3,5-7,17-18H,2H2,(H,13,14,15,16)/t5-,6-,7+/m1/s1. The summed E-state index contributed by atoms with van der Waals surface area (Å²) < 4.78 is 32.7. The highest BCUT2D eigenvalue weighted by Crippen LogP contribution is 2.44. The number of nitrogens with one attached hydrogen (secondary N) is 1. The summed E-state index contributed by atoms with van der Waals surface area (Å²) in [5.41, 5.74) is 0.616. The second kappa shape index (κ2) is 4.15. The highest BCUT2D eigenvalue weighted by molar-refractivity contribution is 5.68. The van der Waals surface area contributed by atoms with Crippen LogP contribution in [0, 0.1) is 0 Å².